The van der Waals surface area contributed by atoms with Gasteiger partial charge in [0.05, 0.1) is 5.41 Å². The highest BCUT2D eigenvalue weighted by Crippen LogP contribution is 2.38. The molecule has 18 heavy (non-hydrogen) atoms. The normalized spacial score (nSPS) is 28.1. The van der Waals surface area contributed by atoms with Crippen molar-refractivity contribution in [2.75, 3.05) is 25.1 Å². The molecule has 106 valence electrons. The zero-order valence-electron chi connectivity index (χ0n) is 11.8. The van der Waals surface area contributed by atoms with Crippen LogP contribution in [0.4, 0.5) is 0 Å². The van der Waals surface area contributed by atoms with Crippen molar-refractivity contribution >= 4 is 17.7 Å². The lowest BCUT2D eigenvalue weighted by atomic mass is 9.70. The van der Waals surface area contributed by atoms with E-state index < -0.39 is 0 Å². The second-order valence-corrected chi connectivity index (χ2v) is 6.61. The molecule has 0 unspecified atom stereocenters. The van der Waals surface area contributed by atoms with Crippen LogP contribution in [0.5, 0.6) is 0 Å². The largest absolute Gasteiger partial charge is 0.356 e. The van der Waals surface area contributed by atoms with Crippen molar-refractivity contribution in [2.24, 2.45) is 17.1 Å². The van der Waals surface area contributed by atoms with Crippen molar-refractivity contribution in [3.05, 3.63) is 0 Å². The van der Waals surface area contributed by atoms with Crippen LogP contribution >= 0.6 is 11.8 Å². The average Bonchev–Trinajstić information content (AvgIpc) is 2.39. The SMILES string of the molecule is CSCCCCNC(=O)C1(CN)CCC(C)CC1. The van der Waals surface area contributed by atoms with E-state index >= 15 is 0 Å². The Balaban J connectivity index is 2.33. The van der Waals surface area contributed by atoms with E-state index in [2.05, 4.69) is 18.5 Å². The summed E-state index contributed by atoms with van der Waals surface area (Å²) in [6.07, 6.45) is 8.56. The van der Waals surface area contributed by atoms with Gasteiger partial charge in [0, 0.05) is 13.1 Å². The molecule has 0 aromatic rings. The van der Waals surface area contributed by atoms with Crippen molar-refractivity contribution in [3.63, 3.8) is 0 Å². The van der Waals surface area contributed by atoms with Crippen molar-refractivity contribution in [1.82, 2.24) is 5.32 Å². The third kappa shape index (κ3) is 4.47. The Morgan fingerprint density at radius 3 is 2.61 bits per heavy atom. The van der Waals surface area contributed by atoms with Crippen molar-refractivity contribution < 1.29 is 4.79 Å². The molecule has 1 saturated carbocycles. The molecule has 0 bridgehead atoms. The maximum atomic E-state index is 12.3. The number of amides is 1. The van der Waals surface area contributed by atoms with E-state index in [4.69, 9.17) is 5.73 Å². The van der Waals surface area contributed by atoms with Crippen LogP contribution in [0.25, 0.3) is 0 Å². The van der Waals surface area contributed by atoms with Gasteiger partial charge in [0.2, 0.25) is 5.91 Å². The van der Waals surface area contributed by atoms with E-state index in [-0.39, 0.29) is 11.3 Å². The van der Waals surface area contributed by atoms with Gasteiger partial charge in [-0.3, -0.25) is 4.79 Å². The highest BCUT2D eigenvalue weighted by atomic mass is 32.2. The number of unbranched alkanes of at least 4 members (excludes halogenated alkanes) is 1. The Labute approximate surface area is 116 Å². The predicted octanol–water partition coefficient (Wildman–Crippen LogP) is 2.40. The number of carbonyl (C=O) groups is 1. The van der Waals surface area contributed by atoms with E-state index in [1.807, 2.05) is 11.8 Å². The molecule has 0 radical (unpaired) electrons. The third-order valence-electron chi connectivity index (χ3n) is 4.16. The van der Waals surface area contributed by atoms with E-state index in [0.717, 1.165) is 44.6 Å². The first-order chi connectivity index (χ1) is 8.64. The van der Waals surface area contributed by atoms with Crippen LogP contribution in [0, 0.1) is 11.3 Å². The summed E-state index contributed by atoms with van der Waals surface area (Å²) < 4.78 is 0. The molecule has 0 heterocycles. The predicted molar refractivity (Wildman–Crippen MR) is 79.7 cm³/mol. The van der Waals surface area contributed by atoms with Gasteiger partial charge in [-0.05, 0) is 56.5 Å². The summed E-state index contributed by atoms with van der Waals surface area (Å²) in [4.78, 5) is 12.3. The van der Waals surface area contributed by atoms with Gasteiger partial charge < -0.3 is 11.1 Å². The van der Waals surface area contributed by atoms with E-state index in [1.165, 1.54) is 12.2 Å². The molecule has 0 spiro atoms. The number of nitrogens with two attached hydrogens (primary N) is 1. The molecule has 0 aliphatic heterocycles. The Kier molecular flexibility index (Phi) is 7.08. The lowest BCUT2D eigenvalue weighted by molar-refractivity contribution is -0.132. The van der Waals surface area contributed by atoms with Gasteiger partial charge in [-0.1, -0.05) is 6.92 Å². The minimum absolute atomic E-state index is 0.195. The summed E-state index contributed by atoms with van der Waals surface area (Å²) >= 11 is 1.86. The standard InChI is InChI=1S/C14H28N2OS/c1-12-5-7-14(11-15,8-6-12)13(17)16-9-3-4-10-18-2/h12H,3-11,15H2,1-2H3,(H,16,17). The molecule has 1 rings (SSSR count). The quantitative estimate of drug-likeness (QED) is 0.700. The molecule has 4 heteroatoms. The smallest absolute Gasteiger partial charge is 0.227 e. The van der Waals surface area contributed by atoms with Crippen molar-refractivity contribution in [3.8, 4) is 0 Å². The molecule has 3 N–H and O–H groups in total. The maximum Gasteiger partial charge on any atom is 0.227 e. The fourth-order valence-corrected chi connectivity index (χ4v) is 3.09. The summed E-state index contributed by atoms with van der Waals surface area (Å²) in [7, 11) is 0. The molecule has 0 aromatic heterocycles. The van der Waals surface area contributed by atoms with Gasteiger partial charge in [-0.25, -0.2) is 0 Å². The number of nitrogens with one attached hydrogen (secondary N) is 1. The molecule has 1 fully saturated rings. The summed E-state index contributed by atoms with van der Waals surface area (Å²) in [6.45, 7) is 3.56. The van der Waals surface area contributed by atoms with E-state index in [1.54, 1.807) is 0 Å². The number of hydrogen-bond acceptors (Lipinski definition) is 3. The first kappa shape index (κ1) is 15.8. The minimum Gasteiger partial charge on any atom is -0.356 e. The molecule has 0 aromatic carbocycles. The topological polar surface area (TPSA) is 55.1 Å². The Morgan fingerprint density at radius 1 is 1.39 bits per heavy atom. The molecule has 3 nitrogen and oxygen atoms in total. The summed E-state index contributed by atoms with van der Waals surface area (Å²) in [5.74, 6) is 2.12. The minimum atomic E-state index is -0.272. The average molecular weight is 272 g/mol. The Morgan fingerprint density at radius 2 is 2.06 bits per heavy atom. The van der Waals surface area contributed by atoms with Gasteiger partial charge in [0.1, 0.15) is 0 Å². The molecule has 1 amide bonds. The molecular weight excluding hydrogens is 244 g/mol. The van der Waals surface area contributed by atoms with Crippen LogP contribution < -0.4 is 11.1 Å². The highest BCUT2D eigenvalue weighted by molar-refractivity contribution is 7.98. The lowest BCUT2D eigenvalue weighted by Crippen LogP contribution is -2.48. The lowest BCUT2D eigenvalue weighted by Gasteiger charge is -2.37. The molecular formula is C14H28N2OS. The van der Waals surface area contributed by atoms with Crippen LogP contribution in [-0.2, 0) is 4.79 Å². The summed E-state index contributed by atoms with van der Waals surface area (Å²) in [5.41, 5.74) is 5.60. The molecule has 0 saturated heterocycles. The summed E-state index contributed by atoms with van der Waals surface area (Å²) in [5, 5.41) is 3.09. The van der Waals surface area contributed by atoms with Crippen LogP contribution in [-0.4, -0.2) is 31.0 Å². The van der Waals surface area contributed by atoms with E-state index in [0.29, 0.717) is 6.54 Å². The van der Waals surface area contributed by atoms with Crippen LogP contribution in [0.2, 0.25) is 0 Å². The van der Waals surface area contributed by atoms with Gasteiger partial charge in [0.25, 0.3) is 0 Å². The zero-order valence-corrected chi connectivity index (χ0v) is 12.7. The van der Waals surface area contributed by atoms with E-state index in [9.17, 15) is 4.79 Å². The van der Waals surface area contributed by atoms with Gasteiger partial charge >= 0.3 is 0 Å². The number of carbonyl (C=O) groups excluding carboxylic acids is 1. The van der Waals surface area contributed by atoms with Gasteiger partial charge in [-0.15, -0.1) is 0 Å². The fourth-order valence-electron chi connectivity index (χ4n) is 2.60. The molecule has 1 aliphatic rings. The number of thioether (sulfide) groups is 1. The fraction of sp³-hybridized carbons (Fsp3) is 0.929. The van der Waals surface area contributed by atoms with Gasteiger partial charge in [0.15, 0.2) is 0 Å². The monoisotopic (exact) mass is 272 g/mol. The third-order valence-corrected chi connectivity index (χ3v) is 4.86. The second-order valence-electron chi connectivity index (χ2n) is 5.62. The first-order valence-electron chi connectivity index (χ1n) is 7.12. The van der Waals surface area contributed by atoms with Crippen molar-refractivity contribution in [2.45, 2.75) is 45.4 Å². The Bertz CT molecular complexity index is 250. The zero-order chi connectivity index (χ0) is 13.4. The van der Waals surface area contributed by atoms with Gasteiger partial charge in [-0.2, -0.15) is 11.8 Å². The van der Waals surface area contributed by atoms with Crippen molar-refractivity contribution in [1.29, 1.82) is 0 Å². The second kappa shape index (κ2) is 8.05. The maximum absolute atomic E-state index is 12.3. The summed E-state index contributed by atoms with van der Waals surface area (Å²) in [6, 6.07) is 0. The van der Waals surface area contributed by atoms with Crippen LogP contribution in [0.3, 0.4) is 0 Å². The number of hydrogen-bond donors (Lipinski definition) is 2. The molecule has 0 atom stereocenters. The Hall–Kier alpha value is -0.220. The van der Waals surface area contributed by atoms with Crippen LogP contribution in [0.1, 0.15) is 45.4 Å². The molecule has 1 aliphatic carbocycles. The number of rotatable bonds is 7. The van der Waals surface area contributed by atoms with Crippen LogP contribution in [0.15, 0.2) is 0 Å². The highest BCUT2D eigenvalue weighted by Gasteiger charge is 2.39. The first-order valence-corrected chi connectivity index (χ1v) is 8.51.